The number of nitrogens with one attached hydrogen (secondary N) is 1. The van der Waals surface area contributed by atoms with Crippen molar-refractivity contribution in [1.29, 1.82) is 0 Å². The predicted molar refractivity (Wildman–Crippen MR) is 124 cm³/mol. The minimum absolute atomic E-state index is 0.289. The summed E-state index contributed by atoms with van der Waals surface area (Å²) < 4.78 is 42.7. The van der Waals surface area contributed by atoms with Gasteiger partial charge < -0.3 is 14.4 Å². The molecular weight excluding hydrogens is 475 g/mol. The molecule has 1 N–H and O–H groups in total. The van der Waals surface area contributed by atoms with Crippen LogP contribution >= 0.6 is 0 Å². The van der Waals surface area contributed by atoms with Gasteiger partial charge in [-0.2, -0.15) is 18.2 Å². The number of amides is 1. The minimum atomic E-state index is -4.48. The predicted octanol–water partition coefficient (Wildman–Crippen LogP) is 3.50. The minimum Gasteiger partial charge on any atom is -0.342 e. The molecule has 4 heterocycles. The van der Waals surface area contributed by atoms with E-state index >= 15 is 0 Å². The number of nitrogens with zero attached hydrogens (tertiary/aromatic N) is 6. The summed E-state index contributed by atoms with van der Waals surface area (Å²) in [4.78, 5) is 31.9. The number of imidazole rings is 1. The van der Waals surface area contributed by atoms with Crippen LogP contribution in [0.3, 0.4) is 0 Å². The van der Waals surface area contributed by atoms with E-state index in [1.54, 1.807) is 13.1 Å². The maximum Gasteiger partial charge on any atom is 0.397 e. The van der Waals surface area contributed by atoms with Gasteiger partial charge in [-0.3, -0.25) is 14.7 Å². The molecule has 1 fully saturated rings. The highest BCUT2D eigenvalue weighted by molar-refractivity contribution is 5.80. The Bertz CT molecular complexity index is 1370. The van der Waals surface area contributed by atoms with Crippen LogP contribution in [0.25, 0.3) is 22.5 Å². The van der Waals surface area contributed by atoms with E-state index < -0.39 is 18.5 Å². The molecule has 12 heteroatoms. The maximum atomic E-state index is 12.5. The van der Waals surface area contributed by atoms with E-state index in [2.05, 4.69) is 30.0 Å². The van der Waals surface area contributed by atoms with Gasteiger partial charge in [0.15, 0.2) is 5.82 Å². The molecule has 1 amide bonds. The quantitative estimate of drug-likeness (QED) is 0.433. The van der Waals surface area contributed by atoms with Crippen molar-refractivity contribution in [3.63, 3.8) is 0 Å². The maximum absolute atomic E-state index is 12.5. The molecule has 188 valence electrons. The van der Waals surface area contributed by atoms with E-state index in [1.165, 1.54) is 4.90 Å². The van der Waals surface area contributed by atoms with Crippen molar-refractivity contribution in [3.8, 4) is 11.5 Å². The monoisotopic (exact) mass is 499 g/mol. The Morgan fingerprint density at radius 1 is 1.11 bits per heavy atom. The van der Waals surface area contributed by atoms with E-state index in [9.17, 15) is 18.0 Å². The van der Waals surface area contributed by atoms with Crippen LogP contribution in [0, 0.1) is 6.92 Å². The number of H-pyrrole nitrogens is 1. The summed E-state index contributed by atoms with van der Waals surface area (Å²) in [5.74, 6) is 0.924. The molecule has 0 saturated carbocycles. The smallest absolute Gasteiger partial charge is 0.342 e. The number of aromatic nitrogens is 5. The molecule has 1 aromatic carbocycles. The third-order valence-electron chi connectivity index (χ3n) is 6.02. The SMILES string of the molecule is Cc1noc(-c2ccc3nc(Cc4cc(CN5CCN(C(=O)CC(F)(F)F)CC5)ccn4)[nH]c3c2)n1. The molecule has 1 saturated heterocycles. The normalized spacial score (nSPS) is 15.1. The zero-order valence-electron chi connectivity index (χ0n) is 19.5. The van der Waals surface area contributed by atoms with Crippen LogP contribution in [0.1, 0.15) is 29.3 Å². The number of hydrogen-bond donors (Lipinski definition) is 1. The average Bonchev–Trinajstić information content (AvgIpc) is 3.43. The van der Waals surface area contributed by atoms with Crippen molar-refractivity contribution >= 4 is 16.9 Å². The summed E-state index contributed by atoms with van der Waals surface area (Å²) in [5.41, 5.74) is 4.36. The molecule has 0 aliphatic carbocycles. The van der Waals surface area contributed by atoms with Crippen molar-refractivity contribution < 1.29 is 22.5 Å². The van der Waals surface area contributed by atoms with Gasteiger partial charge in [-0.05, 0) is 42.8 Å². The topological polar surface area (TPSA) is 104 Å². The van der Waals surface area contributed by atoms with Crippen molar-refractivity contribution in [3.05, 3.63) is 59.4 Å². The number of pyridine rings is 1. The lowest BCUT2D eigenvalue weighted by Gasteiger charge is -2.35. The summed E-state index contributed by atoms with van der Waals surface area (Å²) >= 11 is 0. The highest BCUT2D eigenvalue weighted by atomic mass is 19.4. The number of hydrogen-bond acceptors (Lipinski definition) is 7. The molecule has 1 aliphatic rings. The van der Waals surface area contributed by atoms with E-state index in [0.717, 1.165) is 33.7 Å². The lowest BCUT2D eigenvalue weighted by Crippen LogP contribution is -2.49. The highest BCUT2D eigenvalue weighted by Gasteiger charge is 2.34. The van der Waals surface area contributed by atoms with Gasteiger partial charge in [-0.25, -0.2) is 4.98 Å². The van der Waals surface area contributed by atoms with Crippen LogP contribution in [-0.4, -0.2) is 73.2 Å². The van der Waals surface area contributed by atoms with Gasteiger partial charge in [0.25, 0.3) is 5.89 Å². The van der Waals surface area contributed by atoms with Crippen molar-refractivity contribution in [2.75, 3.05) is 26.2 Å². The van der Waals surface area contributed by atoms with E-state index in [-0.39, 0.29) is 13.1 Å². The fraction of sp³-hybridized carbons (Fsp3) is 0.375. The standard InChI is InChI=1S/C24H24F3N7O2/c1-15-29-23(36-32-15)17-2-3-19-20(11-17)31-21(30-19)12-18-10-16(4-5-28-18)14-33-6-8-34(9-7-33)22(35)13-24(25,26)27/h2-5,10-11H,6-9,12-14H2,1H3,(H,30,31). The first-order chi connectivity index (χ1) is 17.2. The molecule has 0 radical (unpaired) electrons. The number of carbonyl (C=O) groups is 1. The molecule has 36 heavy (non-hydrogen) atoms. The summed E-state index contributed by atoms with van der Waals surface area (Å²) in [6, 6.07) is 9.62. The Balaban J connectivity index is 1.20. The lowest BCUT2D eigenvalue weighted by atomic mass is 10.1. The van der Waals surface area contributed by atoms with Gasteiger partial charge in [-0.1, -0.05) is 5.16 Å². The molecule has 4 aromatic rings. The Morgan fingerprint density at radius 3 is 2.64 bits per heavy atom. The van der Waals surface area contributed by atoms with Crippen LogP contribution in [0.5, 0.6) is 0 Å². The Morgan fingerprint density at radius 2 is 1.92 bits per heavy atom. The zero-order valence-corrected chi connectivity index (χ0v) is 19.5. The zero-order chi connectivity index (χ0) is 25.3. The number of halogens is 3. The van der Waals surface area contributed by atoms with E-state index in [0.29, 0.717) is 37.8 Å². The number of rotatable bonds is 6. The van der Waals surface area contributed by atoms with Crippen LogP contribution in [0.4, 0.5) is 13.2 Å². The van der Waals surface area contributed by atoms with Gasteiger partial charge in [0.05, 0.1) is 11.0 Å². The molecular formula is C24H24F3N7O2. The summed E-state index contributed by atoms with van der Waals surface area (Å²) in [7, 11) is 0. The number of fused-ring (bicyclic) bond motifs is 1. The number of alkyl halides is 3. The first-order valence-electron chi connectivity index (χ1n) is 11.5. The van der Waals surface area contributed by atoms with Gasteiger partial charge in [-0.15, -0.1) is 0 Å². The number of aromatic amines is 1. The Labute approximate surface area is 204 Å². The summed E-state index contributed by atoms with van der Waals surface area (Å²) in [5, 5.41) is 3.83. The average molecular weight is 499 g/mol. The van der Waals surface area contributed by atoms with Crippen LogP contribution in [-0.2, 0) is 17.8 Å². The van der Waals surface area contributed by atoms with Crippen molar-refractivity contribution in [1.82, 2.24) is 34.9 Å². The third-order valence-corrected chi connectivity index (χ3v) is 6.02. The molecule has 1 aliphatic heterocycles. The van der Waals surface area contributed by atoms with Crippen LogP contribution in [0.15, 0.2) is 41.1 Å². The summed E-state index contributed by atoms with van der Waals surface area (Å²) in [6.07, 6.45) is -3.62. The second-order valence-electron chi connectivity index (χ2n) is 8.84. The molecule has 9 nitrogen and oxygen atoms in total. The molecule has 3 aromatic heterocycles. The van der Waals surface area contributed by atoms with Crippen molar-refractivity contribution in [2.24, 2.45) is 0 Å². The second kappa shape index (κ2) is 9.69. The second-order valence-corrected chi connectivity index (χ2v) is 8.84. The number of aryl methyl sites for hydroxylation is 1. The molecule has 5 rings (SSSR count). The molecule has 0 bridgehead atoms. The van der Waals surface area contributed by atoms with Gasteiger partial charge >= 0.3 is 6.18 Å². The highest BCUT2D eigenvalue weighted by Crippen LogP contribution is 2.23. The molecule has 0 atom stereocenters. The fourth-order valence-electron chi connectivity index (χ4n) is 4.29. The number of benzene rings is 1. The third kappa shape index (κ3) is 5.70. The van der Waals surface area contributed by atoms with Crippen LogP contribution in [0.2, 0.25) is 0 Å². The number of carbonyl (C=O) groups excluding carboxylic acids is 1. The number of piperazine rings is 1. The van der Waals surface area contributed by atoms with E-state index in [1.807, 2.05) is 30.3 Å². The first kappa shape index (κ1) is 23.9. The van der Waals surface area contributed by atoms with Gasteiger partial charge in [0.2, 0.25) is 5.91 Å². The molecule has 0 spiro atoms. The first-order valence-corrected chi connectivity index (χ1v) is 11.5. The van der Waals surface area contributed by atoms with Gasteiger partial charge in [0, 0.05) is 56.6 Å². The largest absolute Gasteiger partial charge is 0.397 e. The van der Waals surface area contributed by atoms with E-state index in [4.69, 9.17) is 4.52 Å². The molecule has 0 unspecified atom stereocenters. The summed E-state index contributed by atoms with van der Waals surface area (Å²) in [6.45, 7) is 4.01. The van der Waals surface area contributed by atoms with Crippen molar-refractivity contribution in [2.45, 2.75) is 32.5 Å². The Hall–Kier alpha value is -3.80. The lowest BCUT2D eigenvalue weighted by molar-refractivity contribution is -0.162. The van der Waals surface area contributed by atoms with Gasteiger partial charge in [0.1, 0.15) is 12.2 Å². The fourth-order valence-corrected chi connectivity index (χ4v) is 4.29. The van der Waals surface area contributed by atoms with Crippen LogP contribution < -0.4 is 0 Å². The Kier molecular flexibility index (Phi) is 6.44.